The van der Waals surface area contributed by atoms with Crippen LogP contribution in [-0.2, 0) is 30.8 Å². The largest absolute Gasteiger partial charge is 0.426 e. The van der Waals surface area contributed by atoms with Crippen molar-refractivity contribution in [1.82, 2.24) is 24.8 Å². The Morgan fingerprint density at radius 3 is 2.83 bits per heavy atom. The second-order valence-corrected chi connectivity index (χ2v) is 8.35. The summed E-state index contributed by atoms with van der Waals surface area (Å²) in [4.78, 5) is 35.6. The number of hydrogen-bond donors (Lipinski definition) is 1. The summed E-state index contributed by atoms with van der Waals surface area (Å²) >= 11 is 0. The highest BCUT2D eigenvalue weighted by atomic mass is 16.6. The molecule has 3 aromatic heterocycles. The number of nitrogens with one attached hydrogen (secondary N) is 1. The number of para-hydroxylation sites is 1. The number of aromatic nitrogens is 3. The molecule has 5 rings (SSSR count). The third-order valence-corrected chi connectivity index (χ3v) is 5.98. The monoisotopic (exact) mass is 471 g/mol. The van der Waals surface area contributed by atoms with Gasteiger partial charge in [0.15, 0.2) is 5.76 Å². The fourth-order valence-electron chi connectivity index (χ4n) is 4.17. The van der Waals surface area contributed by atoms with Gasteiger partial charge in [0.1, 0.15) is 12.3 Å². The Bertz CT molecular complexity index is 1330. The molecular weight excluding hydrogens is 446 g/mol. The Morgan fingerprint density at radius 1 is 1.17 bits per heavy atom. The van der Waals surface area contributed by atoms with Gasteiger partial charge in [0.05, 0.1) is 6.33 Å². The van der Waals surface area contributed by atoms with E-state index in [0.717, 1.165) is 22.4 Å². The van der Waals surface area contributed by atoms with Crippen molar-refractivity contribution in [2.24, 2.45) is 0 Å². The molecule has 0 radical (unpaired) electrons. The molecule has 9 heteroatoms. The zero-order chi connectivity index (χ0) is 24.2. The number of nitrogens with zero attached hydrogens (tertiary/aromatic N) is 4. The number of furan rings is 1. The molecule has 0 saturated heterocycles. The Morgan fingerprint density at radius 2 is 2.03 bits per heavy atom. The van der Waals surface area contributed by atoms with Crippen molar-refractivity contribution in [1.29, 1.82) is 0 Å². The van der Waals surface area contributed by atoms with Crippen LogP contribution in [0.15, 0.2) is 71.8 Å². The molecule has 9 nitrogen and oxygen atoms in total. The number of amides is 2. The number of ether oxygens (including phenoxy) is 1. The Kier molecular flexibility index (Phi) is 6.30. The number of pyridine rings is 1. The molecule has 0 unspecified atom stereocenters. The van der Waals surface area contributed by atoms with Crippen LogP contribution in [0.25, 0.3) is 0 Å². The van der Waals surface area contributed by atoms with Crippen molar-refractivity contribution < 1.29 is 18.7 Å². The first-order valence-corrected chi connectivity index (χ1v) is 11.4. The minimum atomic E-state index is -0.200. The average Bonchev–Trinajstić information content (AvgIpc) is 3.56. The lowest BCUT2D eigenvalue weighted by molar-refractivity contribution is -0.121. The van der Waals surface area contributed by atoms with E-state index in [9.17, 15) is 9.59 Å². The maximum atomic E-state index is 13.1. The second-order valence-electron chi connectivity index (χ2n) is 8.35. The van der Waals surface area contributed by atoms with Gasteiger partial charge in [-0.1, -0.05) is 18.2 Å². The lowest BCUT2D eigenvalue weighted by atomic mass is 9.94. The fourth-order valence-corrected chi connectivity index (χ4v) is 4.17. The van der Waals surface area contributed by atoms with Crippen LogP contribution in [-0.4, -0.2) is 37.8 Å². The van der Waals surface area contributed by atoms with Crippen molar-refractivity contribution in [3.05, 3.63) is 95.5 Å². The topological polar surface area (TPSA) is 102 Å². The Hall–Kier alpha value is -4.40. The molecule has 4 heterocycles. The van der Waals surface area contributed by atoms with Gasteiger partial charge in [0.25, 0.3) is 11.9 Å². The number of rotatable bonds is 7. The van der Waals surface area contributed by atoms with E-state index < -0.39 is 0 Å². The number of hydrogen-bond acceptors (Lipinski definition) is 6. The van der Waals surface area contributed by atoms with Gasteiger partial charge in [0, 0.05) is 50.0 Å². The number of aryl methyl sites for hydroxylation is 1. The van der Waals surface area contributed by atoms with E-state index >= 15 is 0 Å². The molecule has 1 aromatic carbocycles. The van der Waals surface area contributed by atoms with E-state index in [-0.39, 0.29) is 30.1 Å². The molecule has 1 N–H and O–H groups in total. The van der Waals surface area contributed by atoms with Crippen molar-refractivity contribution in [3.8, 4) is 11.7 Å². The van der Waals surface area contributed by atoms with Crippen molar-refractivity contribution in [3.63, 3.8) is 0 Å². The van der Waals surface area contributed by atoms with Crippen LogP contribution >= 0.6 is 0 Å². The zero-order valence-corrected chi connectivity index (χ0v) is 19.3. The number of carbonyl (C=O) groups excluding carboxylic acids is 2. The first-order valence-electron chi connectivity index (χ1n) is 11.4. The highest BCUT2D eigenvalue weighted by Gasteiger charge is 2.26. The average molecular weight is 472 g/mol. The maximum absolute atomic E-state index is 13.1. The maximum Gasteiger partial charge on any atom is 0.290 e. The third kappa shape index (κ3) is 5.08. The van der Waals surface area contributed by atoms with Gasteiger partial charge in [-0.25, -0.2) is 4.98 Å². The van der Waals surface area contributed by atoms with Gasteiger partial charge in [-0.15, -0.1) is 0 Å². The fraction of sp³-hybridized carbons (Fsp3) is 0.231. The molecule has 0 aliphatic carbocycles. The quantitative estimate of drug-likeness (QED) is 0.443. The zero-order valence-electron chi connectivity index (χ0n) is 19.3. The molecule has 0 spiro atoms. The first kappa shape index (κ1) is 22.4. The molecule has 35 heavy (non-hydrogen) atoms. The minimum Gasteiger partial charge on any atom is -0.426 e. The molecule has 0 fully saturated rings. The minimum absolute atomic E-state index is 0.0982. The highest BCUT2D eigenvalue weighted by molar-refractivity contribution is 5.91. The summed E-state index contributed by atoms with van der Waals surface area (Å²) in [6, 6.07) is 12.5. The standard InChI is InChI=1S/C26H25N5O4/c1-18-22(14-29-24(32)16-30-12-10-27-17-30)21-9-11-31(15-19(21)13-28-18)26(33)23-7-8-25(35-23)34-20-5-3-2-4-6-20/h2-8,10,12-13,17H,9,11,14-16H2,1H3,(H,29,32). The smallest absolute Gasteiger partial charge is 0.290 e. The molecule has 0 saturated carbocycles. The van der Waals surface area contributed by atoms with Crippen molar-refractivity contribution in [2.45, 2.75) is 33.0 Å². The van der Waals surface area contributed by atoms with E-state index in [0.29, 0.717) is 31.8 Å². The van der Waals surface area contributed by atoms with E-state index in [2.05, 4.69) is 15.3 Å². The van der Waals surface area contributed by atoms with Crippen molar-refractivity contribution >= 4 is 11.8 Å². The van der Waals surface area contributed by atoms with Gasteiger partial charge >= 0.3 is 0 Å². The van der Waals surface area contributed by atoms with E-state index in [1.807, 2.05) is 43.5 Å². The molecule has 0 atom stereocenters. The summed E-state index contributed by atoms with van der Waals surface area (Å²) in [7, 11) is 0. The van der Waals surface area contributed by atoms with E-state index in [1.165, 1.54) is 0 Å². The predicted molar refractivity (Wildman–Crippen MR) is 127 cm³/mol. The molecule has 1 aliphatic heterocycles. The molecule has 2 amide bonds. The first-order chi connectivity index (χ1) is 17.1. The summed E-state index contributed by atoms with van der Waals surface area (Å²) in [6.07, 6.45) is 7.48. The number of benzene rings is 1. The van der Waals surface area contributed by atoms with Crippen LogP contribution in [0.4, 0.5) is 0 Å². The molecule has 0 bridgehead atoms. The van der Waals surface area contributed by atoms with E-state index in [1.54, 1.807) is 40.3 Å². The summed E-state index contributed by atoms with van der Waals surface area (Å²) in [6.45, 7) is 3.50. The lowest BCUT2D eigenvalue weighted by Crippen LogP contribution is -2.37. The van der Waals surface area contributed by atoms with Gasteiger partial charge in [0.2, 0.25) is 5.91 Å². The van der Waals surface area contributed by atoms with Crippen LogP contribution in [0, 0.1) is 6.92 Å². The molecular formula is C26H25N5O4. The van der Waals surface area contributed by atoms with Gasteiger partial charge < -0.3 is 23.9 Å². The summed E-state index contributed by atoms with van der Waals surface area (Å²) < 4.78 is 13.0. The van der Waals surface area contributed by atoms with Crippen LogP contribution in [0.2, 0.25) is 0 Å². The van der Waals surface area contributed by atoms with Crippen molar-refractivity contribution in [2.75, 3.05) is 6.54 Å². The van der Waals surface area contributed by atoms with Crippen LogP contribution in [0.5, 0.6) is 11.7 Å². The van der Waals surface area contributed by atoms with Crippen LogP contribution in [0.3, 0.4) is 0 Å². The summed E-state index contributed by atoms with van der Waals surface area (Å²) in [5, 5.41) is 2.97. The molecule has 4 aromatic rings. The van der Waals surface area contributed by atoms with E-state index in [4.69, 9.17) is 9.15 Å². The van der Waals surface area contributed by atoms with Gasteiger partial charge in [-0.3, -0.25) is 14.6 Å². The highest BCUT2D eigenvalue weighted by Crippen LogP contribution is 2.27. The van der Waals surface area contributed by atoms with Gasteiger partial charge in [-0.2, -0.15) is 0 Å². The summed E-state index contributed by atoms with van der Waals surface area (Å²) in [5.74, 6) is 0.835. The lowest BCUT2D eigenvalue weighted by Gasteiger charge is -2.30. The van der Waals surface area contributed by atoms with Gasteiger partial charge in [-0.05, 0) is 48.2 Å². The second kappa shape index (κ2) is 9.84. The molecule has 1 aliphatic rings. The van der Waals surface area contributed by atoms with Crippen LogP contribution < -0.4 is 10.1 Å². The number of carbonyl (C=O) groups is 2. The predicted octanol–water partition coefficient (Wildman–Crippen LogP) is 3.49. The number of fused-ring (bicyclic) bond motifs is 1. The van der Waals surface area contributed by atoms with Crippen LogP contribution in [0.1, 0.15) is 32.9 Å². The Balaban J connectivity index is 1.24. The number of imidazole rings is 1. The molecule has 178 valence electrons. The summed E-state index contributed by atoms with van der Waals surface area (Å²) in [5.41, 5.74) is 3.99. The third-order valence-electron chi connectivity index (χ3n) is 5.98. The Labute approximate surface area is 202 Å². The normalized spacial score (nSPS) is 12.8. The SMILES string of the molecule is Cc1ncc2c(c1CNC(=O)Cn1ccnc1)CCN(C(=O)c1ccc(Oc3ccccc3)o1)C2.